The predicted octanol–water partition coefficient (Wildman–Crippen LogP) is 2.01. The molecule has 0 saturated heterocycles. The fourth-order valence-electron chi connectivity index (χ4n) is 2.43. The topological polar surface area (TPSA) is 55.9 Å². The molecule has 4 heteroatoms. The van der Waals surface area contributed by atoms with Crippen LogP contribution in [0.1, 0.15) is 44.1 Å². The number of nitrogens with one attached hydrogen (secondary N) is 1. The molecule has 1 aliphatic rings. The van der Waals surface area contributed by atoms with Crippen LogP contribution < -0.4 is 11.1 Å². The van der Waals surface area contributed by atoms with Crippen molar-refractivity contribution in [1.29, 1.82) is 0 Å². The highest BCUT2D eigenvalue weighted by Crippen LogP contribution is 2.22. The third kappa shape index (κ3) is 2.76. The summed E-state index contributed by atoms with van der Waals surface area (Å²) in [5.41, 5.74) is 6.82. The second-order valence-electron chi connectivity index (χ2n) is 4.71. The lowest BCUT2D eigenvalue weighted by Gasteiger charge is -2.16. The Kier molecular flexibility index (Phi) is 3.83. The van der Waals surface area contributed by atoms with E-state index in [0.29, 0.717) is 12.6 Å². The summed E-state index contributed by atoms with van der Waals surface area (Å²) in [6.07, 6.45) is 9.96. The van der Waals surface area contributed by atoms with Gasteiger partial charge in [0.1, 0.15) is 0 Å². The summed E-state index contributed by atoms with van der Waals surface area (Å²) in [5.74, 6) is 0.983. The molecule has 1 aliphatic carbocycles. The smallest absolute Gasteiger partial charge is 0.152 e. The Morgan fingerprint density at radius 3 is 2.69 bits per heavy atom. The van der Waals surface area contributed by atoms with Crippen LogP contribution in [0.4, 0.5) is 5.82 Å². The molecule has 4 nitrogen and oxygen atoms in total. The van der Waals surface area contributed by atoms with Crippen LogP contribution in [-0.4, -0.2) is 15.8 Å². The van der Waals surface area contributed by atoms with E-state index in [1.54, 1.807) is 0 Å². The van der Waals surface area contributed by atoms with Crippen molar-refractivity contribution in [3.05, 3.63) is 11.8 Å². The van der Waals surface area contributed by atoms with Gasteiger partial charge in [-0.05, 0) is 12.8 Å². The first-order valence-electron chi connectivity index (χ1n) is 6.28. The molecule has 0 aliphatic heterocycles. The molecule has 1 aromatic rings. The maximum atomic E-state index is 5.71. The van der Waals surface area contributed by atoms with Crippen molar-refractivity contribution >= 4 is 5.82 Å². The third-order valence-corrected chi connectivity index (χ3v) is 3.32. The molecule has 0 unspecified atom stereocenters. The van der Waals surface area contributed by atoms with E-state index in [2.05, 4.69) is 10.4 Å². The lowest BCUT2D eigenvalue weighted by molar-refractivity contribution is 0.614. The molecule has 0 spiro atoms. The Labute approximate surface area is 97.2 Å². The summed E-state index contributed by atoms with van der Waals surface area (Å²) < 4.78 is 1.83. The highest BCUT2D eigenvalue weighted by atomic mass is 15.3. The minimum Gasteiger partial charge on any atom is -0.366 e. The van der Waals surface area contributed by atoms with E-state index in [-0.39, 0.29) is 0 Å². The van der Waals surface area contributed by atoms with Crippen LogP contribution in [0.5, 0.6) is 0 Å². The van der Waals surface area contributed by atoms with Crippen LogP contribution in [0.3, 0.4) is 0 Å². The summed E-state index contributed by atoms with van der Waals surface area (Å²) in [7, 11) is 1.94. The molecule has 0 bridgehead atoms. The second-order valence-corrected chi connectivity index (χ2v) is 4.71. The molecule has 1 fully saturated rings. The highest BCUT2D eigenvalue weighted by molar-refractivity contribution is 5.43. The van der Waals surface area contributed by atoms with E-state index in [9.17, 15) is 0 Å². The molecule has 2 rings (SSSR count). The number of aryl methyl sites for hydroxylation is 1. The SMILES string of the molecule is Cn1cc(CN)c(NC2CCCCCC2)n1. The number of hydrogen-bond donors (Lipinski definition) is 2. The van der Waals surface area contributed by atoms with Crippen molar-refractivity contribution in [1.82, 2.24) is 9.78 Å². The van der Waals surface area contributed by atoms with Crippen LogP contribution in [0.25, 0.3) is 0 Å². The summed E-state index contributed by atoms with van der Waals surface area (Å²) in [4.78, 5) is 0. The average molecular weight is 222 g/mol. The van der Waals surface area contributed by atoms with Crippen molar-refractivity contribution < 1.29 is 0 Å². The summed E-state index contributed by atoms with van der Waals surface area (Å²) in [6.45, 7) is 0.558. The summed E-state index contributed by atoms with van der Waals surface area (Å²) in [5, 5.41) is 7.98. The van der Waals surface area contributed by atoms with Gasteiger partial charge in [0.15, 0.2) is 5.82 Å². The highest BCUT2D eigenvalue weighted by Gasteiger charge is 2.14. The monoisotopic (exact) mass is 222 g/mol. The second kappa shape index (κ2) is 5.34. The largest absolute Gasteiger partial charge is 0.366 e. The minimum absolute atomic E-state index is 0.558. The average Bonchev–Trinajstić information content (AvgIpc) is 2.49. The molecule has 0 aromatic carbocycles. The Bertz CT molecular complexity index is 324. The third-order valence-electron chi connectivity index (χ3n) is 3.32. The molecule has 0 amide bonds. The first-order chi connectivity index (χ1) is 7.79. The zero-order chi connectivity index (χ0) is 11.4. The van der Waals surface area contributed by atoms with E-state index in [1.165, 1.54) is 38.5 Å². The number of hydrogen-bond acceptors (Lipinski definition) is 3. The van der Waals surface area contributed by atoms with Gasteiger partial charge in [-0.1, -0.05) is 25.7 Å². The predicted molar refractivity (Wildman–Crippen MR) is 66.2 cm³/mol. The zero-order valence-electron chi connectivity index (χ0n) is 10.1. The van der Waals surface area contributed by atoms with Crippen LogP contribution in [0, 0.1) is 0 Å². The van der Waals surface area contributed by atoms with Gasteiger partial charge in [-0.15, -0.1) is 0 Å². The number of aromatic nitrogens is 2. The van der Waals surface area contributed by atoms with Gasteiger partial charge < -0.3 is 11.1 Å². The van der Waals surface area contributed by atoms with Crippen LogP contribution >= 0.6 is 0 Å². The summed E-state index contributed by atoms with van der Waals surface area (Å²) >= 11 is 0. The van der Waals surface area contributed by atoms with Crippen LogP contribution in [-0.2, 0) is 13.6 Å². The minimum atomic E-state index is 0.558. The molecule has 90 valence electrons. The standard InChI is InChI=1S/C12H22N4/c1-16-9-10(8-13)12(15-16)14-11-6-4-2-3-5-7-11/h9,11H,2-8,13H2,1H3,(H,14,15). The molecular formula is C12H22N4. The first kappa shape index (κ1) is 11.5. The van der Waals surface area contributed by atoms with Crippen LogP contribution in [0.2, 0.25) is 0 Å². The van der Waals surface area contributed by atoms with E-state index >= 15 is 0 Å². The van der Waals surface area contributed by atoms with E-state index < -0.39 is 0 Å². The van der Waals surface area contributed by atoms with Gasteiger partial charge in [-0.2, -0.15) is 5.10 Å². The van der Waals surface area contributed by atoms with Gasteiger partial charge in [0.25, 0.3) is 0 Å². The molecule has 1 aromatic heterocycles. The molecule has 16 heavy (non-hydrogen) atoms. The molecule has 1 heterocycles. The molecular weight excluding hydrogens is 200 g/mol. The van der Waals surface area contributed by atoms with E-state index in [1.807, 2.05) is 17.9 Å². The van der Waals surface area contributed by atoms with Crippen molar-refractivity contribution in [2.24, 2.45) is 12.8 Å². The fraction of sp³-hybridized carbons (Fsp3) is 0.750. The van der Waals surface area contributed by atoms with Crippen molar-refractivity contribution in [2.75, 3.05) is 5.32 Å². The molecule has 1 saturated carbocycles. The number of nitrogens with two attached hydrogens (primary N) is 1. The van der Waals surface area contributed by atoms with Gasteiger partial charge in [0.05, 0.1) is 0 Å². The van der Waals surface area contributed by atoms with Gasteiger partial charge >= 0.3 is 0 Å². The quantitative estimate of drug-likeness (QED) is 0.769. The molecule has 0 radical (unpaired) electrons. The molecule has 3 N–H and O–H groups in total. The maximum Gasteiger partial charge on any atom is 0.152 e. The van der Waals surface area contributed by atoms with Gasteiger partial charge in [0.2, 0.25) is 0 Å². The Hall–Kier alpha value is -1.03. The van der Waals surface area contributed by atoms with Gasteiger partial charge in [-0.25, -0.2) is 0 Å². The molecule has 0 atom stereocenters. The Morgan fingerprint density at radius 2 is 2.06 bits per heavy atom. The Balaban J connectivity index is 2.01. The van der Waals surface area contributed by atoms with E-state index in [0.717, 1.165) is 11.4 Å². The van der Waals surface area contributed by atoms with Gasteiger partial charge in [-0.3, -0.25) is 4.68 Å². The number of rotatable bonds is 3. The van der Waals surface area contributed by atoms with Crippen molar-refractivity contribution in [2.45, 2.75) is 51.1 Å². The van der Waals surface area contributed by atoms with Crippen molar-refractivity contribution in [3.8, 4) is 0 Å². The fourth-order valence-corrected chi connectivity index (χ4v) is 2.43. The Morgan fingerprint density at radius 1 is 1.38 bits per heavy atom. The number of nitrogens with zero attached hydrogens (tertiary/aromatic N) is 2. The first-order valence-corrected chi connectivity index (χ1v) is 6.28. The lowest BCUT2D eigenvalue weighted by Crippen LogP contribution is -2.19. The maximum absolute atomic E-state index is 5.71. The lowest BCUT2D eigenvalue weighted by atomic mass is 10.1. The normalized spacial score (nSPS) is 18.4. The zero-order valence-corrected chi connectivity index (χ0v) is 10.1. The van der Waals surface area contributed by atoms with Crippen molar-refractivity contribution in [3.63, 3.8) is 0 Å². The summed E-state index contributed by atoms with van der Waals surface area (Å²) in [6, 6.07) is 0.586. The van der Waals surface area contributed by atoms with Crippen LogP contribution in [0.15, 0.2) is 6.20 Å². The van der Waals surface area contributed by atoms with Gasteiger partial charge in [0, 0.05) is 31.4 Å². The van der Waals surface area contributed by atoms with E-state index in [4.69, 9.17) is 5.73 Å². The number of anilines is 1.